The van der Waals surface area contributed by atoms with Gasteiger partial charge in [-0.15, -0.1) is 11.3 Å². The lowest BCUT2D eigenvalue weighted by atomic mass is 10.4. The van der Waals surface area contributed by atoms with Gasteiger partial charge in [-0.25, -0.2) is 4.98 Å². The molecule has 0 saturated carbocycles. The molecule has 0 saturated heterocycles. The normalized spacial score (nSPS) is 10.4. The Hall–Kier alpha value is -1.89. The number of nitrogen functional groups attached to an aromatic ring is 1. The third-order valence-electron chi connectivity index (χ3n) is 2.04. The minimum atomic E-state index is -0.221. The number of anilines is 2. The average Bonchev–Trinajstić information content (AvgIpc) is 2.79. The number of nitrogens with zero attached hydrogens (tertiary/aromatic N) is 3. The smallest absolute Gasteiger partial charge is 0.268 e. The van der Waals surface area contributed by atoms with Gasteiger partial charge >= 0.3 is 0 Å². The third-order valence-corrected chi connectivity index (χ3v) is 2.96. The maximum atomic E-state index is 11.8. The fourth-order valence-electron chi connectivity index (χ4n) is 1.24. The van der Waals surface area contributed by atoms with Crippen molar-refractivity contribution in [3.8, 4) is 0 Å². The highest BCUT2D eigenvalue weighted by atomic mass is 32.1. The summed E-state index contributed by atoms with van der Waals surface area (Å²) in [5.41, 5.74) is 6.10. The predicted molar refractivity (Wildman–Crippen MR) is 62.4 cm³/mol. The molecular formula is C9H11N5OS. The van der Waals surface area contributed by atoms with Crippen LogP contribution in [0.3, 0.4) is 0 Å². The first-order valence-corrected chi connectivity index (χ1v) is 5.41. The molecule has 84 valence electrons. The van der Waals surface area contributed by atoms with E-state index in [9.17, 15) is 4.79 Å². The Morgan fingerprint density at radius 3 is 2.81 bits per heavy atom. The molecule has 3 N–H and O–H groups in total. The molecule has 0 atom stereocenters. The Kier molecular flexibility index (Phi) is 2.61. The van der Waals surface area contributed by atoms with Crippen molar-refractivity contribution in [1.29, 1.82) is 0 Å². The first-order chi connectivity index (χ1) is 7.58. The second-order valence-electron chi connectivity index (χ2n) is 3.27. The van der Waals surface area contributed by atoms with Crippen LogP contribution in [0.1, 0.15) is 14.7 Å². The number of amides is 1. The Morgan fingerprint density at radius 1 is 1.56 bits per heavy atom. The molecule has 7 heteroatoms. The van der Waals surface area contributed by atoms with Gasteiger partial charge in [-0.1, -0.05) is 0 Å². The SMILES string of the molecule is Cc1ncc(C(=O)Nc2c(N)cnn2C)s1. The molecule has 2 heterocycles. The van der Waals surface area contributed by atoms with E-state index in [4.69, 9.17) is 5.73 Å². The number of hydrogen-bond acceptors (Lipinski definition) is 5. The van der Waals surface area contributed by atoms with Crippen LogP contribution in [0, 0.1) is 6.92 Å². The quantitative estimate of drug-likeness (QED) is 0.816. The lowest BCUT2D eigenvalue weighted by Gasteiger charge is -2.04. The van der Waals surface area contributed by atoms with Crippen LogP contribution in [-0.2, 0) is 7.05 Å². The van der Waals surface area contributed by atoms with Crippen molar-refractivity contribution in [3.05, 3.63) is 22.3 Å². The van der Waals surface area contributed by atoms with Gasteiger partial charge in [0.1, 0.15) is 4.88 Å². The van der Waals surface area contributed by atoms with E-state index in [1.807, 2.05) is 6.92 Å². The molecule has 0 aliphatic rings. The first-order valence-electron chi connectivity index (χ1n) is 4.59. The van der Waals surface area contributed by atoms with Crippen molar-refractivity contribution >= 4 is 28.7 Å². The fraction of sp³-hybridized carbons (Fsp3) is 0.222. The van der Waals surface area contributed by atoms with Crippen LogP contribution in [0.4, 0.5) is 11.5 Å². The van der Waals surface area contributed by atoms with Gasteiger partial charge in [0.2, 0.25) is 0 Å². The number of thiazole rings is 1. The van der Waals surface area contributed by atoms with Crippen LogP contribution in [0.2, 0.25) is 0 Å². The van der Waals surface area contributed by atoms with Crippen LogP contribution in [-0.4, -0.2) is 20.7 Å². The number of carbonyl (C=O) groups excluding carboxylic acids is 1. The minimum Gasteiger partial charge on any atom is -0.394 e. The van der Waals surface area contributed by atoms with Crippen LogP contribution in [0.15, 0.2) is 12.4 Å². The lowest BCUT2D eigenvalue weighted by molar-refractivity contribution is 0.102. The van der Waals surface area contributed by atoms with Gasteiger partial charge in [0.25, 0.3) is 5.91 Å². The second-order valence-corrected chi connectivity index (χ2v) is 4.50. The monoisotopic (exact) mass is 237 g/mol. The number of nitrogens with one attached hydrogen (secondary N) is 1. The summed E-state index contributed by atoms with van der Waals surface area (Å²) in [4.78, 5) is 16.4. The number of aromatic nitrogens is 3. The van der Waals surface area contributed by atoms with E-state index >= 15 is 0 Å². The van der Waals surface area contributed by atoms with E-state index in [-0.39, 0.29) is 5.91 Å². The highest BCUT2D eigenvalue weighted by Gasteiger charge is 2.13. The number of aryl methyl sites for hydroxylation is 2. The van der Waals surface area contributed by atoms with E-state index in [0.717, 1.165) is 5.01 Å². The summed E-state index contributed by atoms with van der Waals surface area (Å²) >= 11 is 1.34. The van der Waals surface area contributed by atoms with Gasteiger partial charge in [0, 0.05) is 7.05 Å². The number of hydrogen-bond donors (Lipinski definition) is 2. The standard InChI is InChI=1S/C9H11N5OS/c1-5-11-4-7(16-5)9(15)13-8-6(10)3-12-14(8)2/h3-4H,10H2,1-2H3,(H,13,15). The molecule has 0 aromatic carbocycles. The minimum absolute atomic E-state index is 0.221. The molecule has 0 bridgehead atoms. The van der Waals surface area contributed by atoms with E-state index < -0.39 is 0 Å². The summed E-state index contributed by atoms with van der Waals surface area (Å²) in [6, 6.07) is 0. The van der Waals surface area contributed by atoms with Crippen LogP contribution >= 0.6 is 11.3 Å². The van der Waals surface area contributed by atoms with Crippen molar-refractivity contribution in [3.63, 3.8) is 0 Å². The van der Waals surface area contributed by atoms with Gasteiger partial charge < -0.3 is 11.1 Å². The molecule has 0 unspecified atom stereocenters. The van der Waals surface area contributed by atoms with E-state index in [0.29, 0.717) is 16.4 Å². The Morgan fingerprint density at radius 2 is 2.31 bits per heavy atom. The second kappa shape index (κ2) is 3.93. The molecule has 2 aromatic rings. The molecule has 1 amide bonds. The van der Waals surface area contributed by atoms with Crippen molar-refractivity contribution in [2.45, 2.75) is 6.92 Å². The molecule has 0 aliphatic heterocycles. The zero-order chi connectivity index (χ0) is 11.7. The summed E-state index contributed by atoms with van der Waals surface area (Å²) in [5.74, 6) is 0.275. The predicted octanol–water partition coefficient (Wildman–Crippen LogP) is 1.02. The summed E-state index contributed by atoms with van der Waals surface area (Å²) in [7, 11) is 1.71. The van der Waals surface area contributed by atoms with E-state index in [2.05, 4.69) is 15.4 Å². The van der Waals surface area contributed by atoms with Crippen molar-refractivity contribution in [2.24, 2.45) is 7.05 Å². The highest BCUT2D eigenvalue weighted by molar-refractivity contribution is 7.13. The van der Waals surface area contributed by atoms with Gasteiger partial charge in [0.05, 0.1) is 23.1 Å². The van der Waals surface area contributed by atoms with Crippen molar-refractivity contribution in [2.75, 3.05) is 11.1 Å². The molecular weight excluding hydrogens is 226 g/mol. The van der Waals surface area contributed by atoms with Gasteiger partial charge in [0.15, 0.2) is 5.82 Å². The van der Waals surface area contributed by atoms with Gasteiger partial charge in [-0.3, -0.25) is 9.48 Å². The van der Waals surface area contributed by atoms with E-state index in [1.54, 1.807) is 13.2 Å². The van der Waals surface area contributed by atoms with Crippen LogP contribution in [0.5, 0.6) is 0 Å². The lowest BCUT2D eigenvalue weighted by Crippen LogP contribution is -2.14. The zero-order valence-electron chi connectivity index (χ0n) is 8.89. The number of nitrogens with two attached hydrogens (primary N) is 1. The van der Waals surface area contributed by atoms with Crippen LogP contribution in [0.25, 0.3) is 0 Å². The Labute approximate surface area is 96.1 Å². The van der Waals surface area contributed by atoms with Gasteiger partial charge in [-0.2, -0.15) is 5.10 Å². The largest absolute Gasteiger partial charge is 0.394 e. The summed E-state index contributed by atoms with van der Waals surface area (Å²) in [5, 5.41) is 7.48. The molecule has 6 nitrogen and oxygen atoms in total. The fourth-order valence-corrected chi connectivity index (χ4v) is 1.92. The topological polar surface area (TPSA) is 85.8 Å². The highest BCUT2D eigenvalue weighted by Crippen LogP contribution is 2.18. The van der Waals surface area contributed by atoms with Crippen molar-refractivity contribution in [1.82, 2.24) is 14.8 Å². The van der Waals surface area contributed by atoms with E-state index in [1.165, 1.54) is 22.2 Å². The summed E-state index contributed by atoms with van der Waals surface area (Å²) in [6.07, 6.45) is 3.04. The maximum Gasteiger partial charge on any atom is 0.268 e. The molecule has 2 rings (SSSR count). The Bertz CT molecular complexity index is 510. The van der Waals surface area contributed by atoms with Crippen LogP contribution < -0.4 is 11.1 Å². The van der Waals surface area contributed by atoms with Gasteiger partial charge in [-0.05, 0) is 6.92 Å². The molecule has 0 fully saturated rings. The molecule has 2 aromatic heterocycles. The molecule has 0 radical (unpaired) electrons. The first kappa shape index (κ1) is 10.6. The summed E-state index contributed by atoms with van der Waals surface area (Å²) < 4.78 is 1.52. The average molecular weight is 237 g/mol. The zero-order valence-corrected chi connectivity index (χ0v) is 9.71. The summed E-state index contributed by atoms with van der Waals surface area (Å²) in [6.45, 7) is 1.85. The number of carbonyl (C=O) groups is 1. The van der Waals surface area contributed by atoms with Crippen molar-refractivity contribution < 1.29 is 4.79 Å². The Balaban J connectivity index is 2.20. The maximum absolute atomic E-state index is 11.8. The molecule has 0 aliphatic carbocycles. The third kappa shape index (κ3) is 1.89. The number of rotatable bonds is 2. The molecule has 16 heavy (non-hydrogen) atoms. The molecule has 0 spiro atoms.